The standard InChI is InChI=1S/C22H22ClN3O2S/c1-3-26(4-2)17-10-8-16(9-11-17)24-21(27)15-7-12-18(23)19(14-15)25-22(28)20-6-5-13-29-20/h5-14H,3-4H2,1-2H3,(H,24,27)(H,25,28). The molecule has 0 fully saturated rings. The zero-order chi connectivity index (χ0) is 20.8. The second-order valence-electron chi connectivity index (χ2n) is 6.30. The maximum atomic E-state index is 12.6. The van der Waals surface area contributed by atoms with Gasteiger partial charge in [0.25, 0.3) is 11.8 Å². The molecule has 3 rings (SSSR count). The highest BCUT2D eigenvalue weighted by Crippen LogP contribution is 2.25. The highest BCUT2D eigenvalue weighted by Gasteiger charge is 2.13. The maximum absolute atomic E-state index is 12.6. The molecule has 0 spiro atoms. The van der Waals surface area contributed by atoms with Gasteiger partial charge in [-0.05, 0) is 67.8 Å². The number of nitrogens with one attached hydrogen (secondary N) is 2. The fraction of sp³-hybridized carbons (Fsp3) is 0.182. The van der Waals surface area contributed by atoms with Crippen LogP contribution in [0.1, 0.15) is 33.9 Å². The minimum absolute atomic E-state index is 0.258. The van der Waals surface area contributed by atoms with Gasteiger partial charge in [0.2, 0.25) is 0 Å². The minimum atomic E-state index is -0.274. The van der Waals surface area contributed by atoms with Crippen LogP contribution in [0.3, 0.4) is 0 Å². The highest BCUT2D eigenvalue weighted by molar-refractivity contribution is 7.12. The molecule has 0 unspecified atom stereocenters. The SMILES string of the molecule is CCN(CC)c1ccc(NC(=O)c2ccc(Cl)c(NC(=O)c3cccs3)c2)cc1. The van der Waals surface area contributed by atoms with Crippen molar-refractivity contribution >= 4 is 51.8 Å². The summed E-state index contributed by atoms with van der Waals surface area (Å²) in [4.78, 5) is 27.7. The first-order valence-corrected chi connectivity index (χ1v) is 10.6. The first-order chi connectivity index (χ1) is 14.0. The highest BCUT2D eigenvalue weighted by atomic mass is 35.5. The van der Waals surface area contributed by atoms with Crippen LogP contribution in [0.2, 0.25) is 5.02 Å². The van der Waals surface area contributed by atoms with Crippen molar-refractivity contribution < 1.29 is 9.59 Å². The Balaban J connectivity index is 1.71. The molecule has 0 aliphatic heterocycles. The van der Waals surface area contributed by atoms with Crippen molar-refractivity contribution in [1.82, 2.24) is 0 Å². The van der Waals surface area contributed by atoms with Crippen LogP contribution in [0.4, 0.5) is 17.1 Å². The number of hydrogen-bond acceptors (Lipinski definition) is 4. The molecular weight excluding hydrogens is 406 g/mol. The van der Waals surface area contributed by atoms with E-state index in [1.807, 2.05) is 29.6 Å². The summed E-state index contributed by atoms with van der Waals surface area (Å²) in [7, 11) is 0. The summed E-state index contributed by atoms with van der Waals surface area (Å²) in [5.74, 6) is -0.532. The molecule has 1 aromatic heterocycles. The van der Waals surface area contributed by atoms with E-state index in [-0.39, 0.29) is 11.8 Å². The van der Waals surface area contributed by atoms with Crippen molar-refractivity contribution in [3.63, 3.8) is 0 Å². The molecule has 29 heavy (non-hydrogen) atoms. The van der Waals surface area contributed by atoms with E-state index < -0.39 is 0 Å². The Morgan fingerprint density at radius 2 is 1.69 bits per heavy atom. The van der Waals surface area contributed by atoms with Crippen molar-refractivity contribution in [3.05, 3.63) is 75.4 Å². The minimum Gasteiger partial charge on any atom is -0.372 e. The van der Waals surface area contributed by atoms with Crippen LogP contribution >= 0.6 is 22.9 Å². The molecule has 7 heteroatoms. The van der Waals surface area contributed by atoms with Gasteiger partial charge in [-0.25, -0.2) is 0 Å². The van der Waals surface area contributed by atoms with Gasteiger partial charge in [-0.3, -0.25) is 9.59 Å². The first kappa shape index (κ1) is 20.9. The average Bonchev–Trinajstić information content (AvgIpc) is 3.27. The Kier molecular flexibility index (Phi) is 6.90. The summed E-state index contributed by atoms with van der Waals surface area (Å²) in [5.41, 5.74) is 2.61. The number of benzene rings is 2. The average molecular weight is 428 g/mol. The van der Waals surface area contributed by atoms with Gasteiger partial charge in [0.1, 0.15) is 0 Å². The molecule has 2 N–H and O–H groups in total. The van der Waals surface area contributed by atoms with E-state index in [1.165, 1.54) is 11.3 Å². The summed E-state index contributed by atoms with van der Waals surface area (Å²) >= 11 is 7.53. The molecule has 0 bridgehead atoms. The molecule has 2 aromatic carbocycles. The van der Waals surface area contributed by atoms with Gasteiger partial charge < -0.3 is 15.5 Å². The third-order valence-electron chi connectivity index (χ3n) is 4.48. The number of nitrogens with zero attached hydrogens (tertiary/aromatic N) is 1. The number of carbonyl (C=O) groups is 2. The number of halogens is 1. The van der Waals surface area contributed by atoms with Gasteiger partial charge in [-0.1, -0.05) is 17.7 Å². The van der Waals surface area contributed by atoms with Gasteiger partial charge >= 0.3 is 0 Å². The summed E-state index contributed by atoms with van der Waals surface area (Å²) in [5, 5.41) is 7.83. The molecule has 0 radical (unpaired) electrons. The van der Waals surface area contributed by atoms with Crippen molar-refractivity contribution in [1.29, 1.82) is 0 Å². The molecule has 0 saturated heterocycles. The third kappa shape index (κ3) is 5.16. The van der Waals surface area contributed by atoms with Gasteiger partial charge in [0, 0.05) is 30.0 Å². The number of thiophene rings is 1. The quantitative estimate of drug-likeness (QED) is 0.504. The molecule has 0 atom stereocenters. The van der Waals surface area contributed by atoms with Crippen LogP contribution in [0, 0.1) is 0 Å². The summed E-state index contributed by atoms with van der Waals surface area (Å²) < 4.78 is 0. The van der Waals surface area contributed by atoms with Crippen molar-refractivity contribution in [2.45, 2.75) is 13.8 Å². The van der Waals surface area contributed by atoms with Gasteiger partial charge in [-0.15, -0.1) is 11.3 Å². The molecule has 0 saturated carbocycles. The summed E-state index contributed by atoms with van der Waals surface area (Å²) in [6.07, 6.45) is 0. The van der Waals surface area contributed by atoms with E-state index in [1.54, 1.807) is 30.3 Å². The first-order valence-electron chi connectivity index (χ1n) is 9.32. The normalized spacial score (nSPS) is 10.4. The summed E-state index contributed by atoms with van der Waals surface area (Å²) in [6, 6.07) is 16.1. The molecule has 2 amide bonds. The van der Waals surface area contributed by atoms with Crippen molar-refractivity contribution in [2.75, 3.05) is 28.6 Å². The third-order valence-corrected chi connectivity index (χ3v) is 5.67. The number of hydrogen-bond donors (Lipinski definition) is 2. The lowest BCUT2D eigenvalue weighted by Crippen LogP contribution is -2.21. The smallest absolute Gasteiger partial charge is 0.265 e. The molecule has 3 aromatic rings. The second kappa shape index (κ2) is 9.58. The van der Waals surface area contributed by atoms with E-state index in [9.17, 15) is 9.59 Å². The van der Waals surface area contributed by atoms with Crippen LogP contribution in [0.25, 0.3) is 0 Å². The van der Waals surface area contributed by atoms with Gasteiger partial charge in [-0.2, -0.15) is 0 Å². The van der Waals surface area contributed by atoms with E-state index in [2.05, 4.69) is 29.4 Å². The van der Waals surface area contributed by atoms with E-state index in [0.717, 1.165) is 18.8 Å². The van der Waals surface area contributed by atoms with Gasteiger partial charge in [0.05, 0.1) is 15.6 Å². The predicted octanol–water partition coefficient (Wildman–Crippen LogP) is 5.75. The largest absolute Gasteiger partial charge is 0.372 e. The second-order valence-corrected chi connectivity index (χ2v) is 7.65. The van der Waals surface area contributed by atoms with E-state index in [4.69, 9.17) is 11.6 Å². The Hall–Kier alpha value is -2.83. The lowest BCUT2D eigenvalue weighted by molar-refractivity contribution is 0.101. The zero-order valence-electron chi connectivity index (χ0n) is 16.2. The van der Waals surface area contributed by atoms with Crippen LogP contribution < -0.4 is 15.5 Å². The Bertz CT molecular complexity index is 984. The van der Waals surface area contributed by atoms with Crippen LogP contribution in [-0.4, -0.2) is 24.9 Å². The van der Waals surface area contributed by atoms with E-state index >= 15 is 0 Å². The van der Waals surface area contributed by atoms with E-state index in [0.29, 0.717) is 26.8 Å². The summed E-state index contributed by atoms with van der Waals surface area (Å²) in [6.45, 7) is 6.06. The maximum Gasteiger partial charge on any atom is 0.265 e. The predicted molar refractivity (Wildman–Crippen MR) is 122 cm³/mol. The monoisotopic (exact) mass is 427 g/mol. The number of carbonyl (C=O) groups excluding carboxylic acids is 2. The van der Waals surface area contributed by atoms with Crippen molar-refractivity contribution in [2.24, 2.45) is 0 Å². The number of rotatable bonds is 7. The van der Waals surface area contributed by atoms with Crippen molar-refractivity contribution in [3.8, 4) is 0 Å². The molecule has 5 nitrogen and oxygen atoms in total. The lowest BCUT2D eigenvalue weighted by Gasteiger charge is -2.21. The zero-order valence-corrected chi connectivity index (χ0v) is 17.8. The van der Waals surface area contributed by atoms with Crippen LogP contribution in [0.15, 0.2) is 60.0 Å². The Morgan fingerprint density at radius 1 is 0.966 bits per heavy atom. The molecule has 150 valence electrons. The molecule has 1 heterocycles. The molecule has 0 aliphatic rings. The molecular formula is C22H22ClN3O2S. The van der Waals surface area contributed by atoms with Crippen LogP contribution in [0.5, 0.6) is 0 Å². The lowest BCUT2D eigenvalue weighted by atomic mass is 10.1. The van der Waals surface area contributed by atoms with Gasteiger partial charge in [0.15, 0.2) is 0 Å². The number of anilines is 3. The Labute approximate surface area is 179 Å². The number of amides is 2. The van der Waals surface area contributed by atoms with Crippen LogP contribution in [-0.2, 0) is 0 Å². The fourth-order valence-corrected chi connectivity index (χ4v) is 3.69. The molecule has 0 aliphatic carbocycles. The topological polar surface area (TPSA) is 61.4 Å². The fourth-order valence-electron chi connectivity index (χ4n) is 2.90. The Morgan fingerprint density at radius 3 is 2.31 bits per heavy atom.